The SMILES string of the molecule is COc1ccc([C@H]2C(=O)c3ccccc3C2=NCCc2ccc(S(N)(=O)=O)cc2)cc1. The summed E-state index contributed by atoms with van der Waals surface area (Å²) in [6, 6.07) is 21.5. The molecule has 6 nitrogen and oxygen atoms in total. The molecule has 1 aliphatic carbocycles. The van der Waals surface area contributed by atoms with Gasteiger partial charge in [-0.25, -0.2) is 13.6 Å². The van der Waals surface area contributed by atoms with Crippen LogP contribution in [0, 0.1) is 0 Å². The number of nitrogens with two attached hydrogens (primary N) is 1. The molecule has 158 valence electrons. The van der Waals surface area contributed by atoms with Gasteiger partial charge in [-0.3, -0.25) is 9.79 Å². The van der Waals surface area contributed by atoms with Crippen LogP contribution >= 0.6 is 0 Å². The van der Waals surface area contributed by atoms with Gasteiger partial charge in [-0.2, -0.15) is 0 Å². The maximum atomic E-state index is 13.1. The summed E-state index contributed by atoms with van der Waals surface area (Å²) in [5.74, 6) is 0.318. The van der Waals surface area contributed by atoms with Crippen LogP contribution in [0.25, 0.3) is 0 Å². The Morgan fingerprint density at radius 3 is 2.19 bits per heavy atom. The molecular weight excluding hydrogens is 412 g/mol. The Kier molecular flexibility index (Phi) is 5.71. The first-order valence-corrected chi connectivity index (χ1v) is 11.4. The van der Waals surface area contributed by atoms with Gasteiger partial charge in [-0.15, -0.1) is 0 Å². The largest absolute Gasteiger partial charge is 0.497 e. The van der Waals surface area contributed by atoms with Gasteiger partial charge in [0.2, 0.25) is 10.0 Å². The standard InChI is InChI=1S/C24H22N2O4S/c1-30-18-10-8-17(9-11-18)22-23(20-4-2-3-5-21(20)24(22)27)26-15-14-16-6-12-19(13-7-16)31(25,28)29/h2-13,22H,14-15H2,1H3,(H2,25,28,29)/t22-/m1/s1. The molecule has 2 N–H and O–H groups in total. The van der Waals surface area contributed by atoms with Crippen LogP contribution in [0.3, 0.4) is 0 Å². The van der Waals surface area contributed by atoms with Crippen LogP contribution < -0.4 is 9.88 Å². The fourth-order valence-electron chi connectivity index (χ4n) is 3.79. The van der Waals surface area contributed by atoms with Crippen molar-refractivity contribution in [2.75, 3.05) is 13.7 Å². The number of benzene rings is 3. The van der Waals surface area contributed by atoms with Crippen LogP contribution in [0.15, 0.2) is 82.7 Å². The molecule has 1 atom stereocenters. The van der Waals surface area contributed by atoms with E-state index in [0.717, 1.165) is 28.2 Å². The summed E-state index contributed by atoms with van der Waals surface area (Å²) < 4.78 is 28.0. The second-order valence-electron chi connectivity index (χ2n) is 7.32. The fraction of sp³-hybridized carbons (Fsp3) is 0.167. The monoisotopic (exact) mass is 434 g/mol. The summed E-state index contributed by atoms with van der Waals surface area (Å²) in [7, 11) is -2.10. The molecule has 0 saturated carbocycles. The Morgan fingerprint density at radius 2 is 1.58 bits per heavy atom. The van der Waals surface area contributed by atoms with Crippen molar-refractivity contribution in [3.8, 4) is 5.75 Å². The number of hydrogen-bond acceptors (Lipinski definition) is 5. The van der Waals surface area contributed by atoms with Gasteiger partial charge >= 0.3 is 0 Å². The Hall–Kier alpha value is -3.29. The van der Waals surface area contributed by atoms with Gasteiger partial charge in [-0.1, -0.05) is 48.5 Å². The summed E-state index contributed by atoms with van der Waals surface area (Å²) in [6.45, 7) is 0.471. The van der Waals surface area contributed by atoms with Gasteiger partial charge in [0, 0.05) is 17.7 Å². The maximum absolute atomic E-state index is 13.1. The number of hydrogen-bond donors (Lipinski definition) is 1. The minimum absolute atomic E-state index is 0.0389. The summed E-state index contributed by atoms with van der Waals surface area (Å²) in [5.41, 5.74) is 4.11. The number of rotatable bonds is 6. The van der Waals surface area contributed by atoms with Gasteiger partial charge in [0.05, 0.1) is 23.6 Å². The first kappa shape index (κ1) is 21.0. The Bertz CT molecular complexity index is 1250. The fourth-order valence-corrected chi connectivity index (χ4v) is 4.31. The molecule has 31 heavy (non-hydrogen) atoms. The van der Waals surface area contributed by atoms with E-state index in [1.54, 1.807) is 19.2 Å². The molecule has 0 aliphatic heterocycles. The van der Waals surface area contributed by atoms with E-state index in [1.165, 1.54) is 12.1 Å². The lowest BCUT2D eigenvalue weighted by Crippen LogP contribution is -2.14. The molecule has 0 amide bonds. The molecule has 0 aromatic heterocycles. The summed E-state index contributed by atoms with van der Waals surface area (Å²) in [6.07, 6.45) is 0.611. The number of methoxy groups -OCH3 is 1. The number of aliphatic imine (C=N–C) groups is 1. The van der Waals surface area contributed by atoms with E-state index in [-0.39, 0.29) is 10.7 Å². The van der Waals surface area contributed by atoms with Crippen LogP contribution in [-0.2, 0) is 16.4 Å². The highest BCUT2D eigenvalue weighted by Crippen LogP contribution is 2.35. The number of Topliss-reactive ketones (excluding diaryl/α,β-unsaturated/α-hetero) is 1. The summed E-state index contributed by atoms with van der Waals surface area (Å²) in [5, 5.41) is 5.15. The lowest BCUT2D eigenvalue weighted by molar-refractivity contribution is 0.0988. The first-order chi connectivity index (χ1) is 14.9. The molecule has 4 rings (SSSR count). The number of primary sulfonamides is 1. The number of carbonyl (C=O) groups is 1. The van der Waals surface area contributed by atoms with Crippen LogP contribution in [-0.4, -0.2) is 33.6 Å². The van der Waals surface area contributed by atoms with E-state index >= 15 is 0 Å². The van der Waals surface area contributed by atoms with Crippen molar-refractivity contribution >= 4 is 21.5 Å². The van der Waals surface area contributed by atoms with Crippen molar-refractivity contribution in [1.29, 1.82) is 0 Å². The zero-order valence-electron chi connectivity index (χ0n) is 17.0. The van der Waals surface area contributed by atoms with E-state index in [1.807, 2.05) is 48.5 Å². The zero-order chi connectivity index (χ0) is 22.0. The Morgan fingerprint density at radius 1 is 0.935 bits per heavy atom. The molecule has 0 heterocycles. The summed E-state index contributed by atoms with van der Waals surface area (Å²) >= 11 is 0. The lowest BCUT2D eigenvalue weighted by atomic mass is 9.93. The number of ketones is 1. The third kappa shape index (κ3) is 4.28. The smallest absolute Gasteiger partial charge is 0.238 e. The molecular formula is C24H22N2O4S. The molecule has 3 aromatic carbocycles. The van der Waals surface area contributed by atoms with Crippen molar-refractivity contribution in [2.45, 2.75) is 17.2 Å². The third-order valence-corrected chi connectivity index (χ3v) is 6.32. The molecule has 1 aliphatic rings. The average Bonchev–Trinajstić information content (AvgIpc) is 3.05. The van der Waals surface area contributed by atoms with E-state index in [2.05, 4.69) is 0 Å². The Labute approximate surface area is 181 Å². The highest BCUT2D eigenvalue weighted by atomic mass is 32.2. The van der Waals surface area contributed by atoms with Crippen LogP contribution in [0.1, 0.15) is 33.0 Å². The third-order valence-electron chi connectivity index (χ3n) is 5.39. The Balaban J connectivity index is 1.61. The molecule has 3 aromatic rings. The van der Waals surface area contributed by atoms with Crippen molar-refractivity contribution < 1.29 is 17.9 Å². The normalized spacial score (nSPS) is 17.0. The quantitative estimate of drug-likeness (QED) is 0.643. The summed E-state index contributed by atoms with van der Waals surface area (Å²) in [4.78, 5) is 18.0. The van der Waals surface area contributed by atoms with Crippen molar-refractivity contribution in [1.82, 2.24) is 0 Å². The van der Waals surface area contributed by atoms with Gasteiger partial charge in [0.1, 0.15) is 5.75 Å². The van der Waals surface area contributed by atoms with E-state index in [9.17, 15) is 13.2 Å². The number of carbonyl (C=O) groups excluding carboxylic acids is 1. The second-order valence-corrected chi connectivity index (χ2v) is 8.88. The second kappa shape index (κ2) is 8.45. The van der Waals surface area contributed by atoms with Crippen molar-refractivity contribution in [2.24, 2.45) is 10.1 Å². The molecule has 0 saturated heterocycles. The minimum Gasteiger partial charge on any atom is -0.497 e. The molecule has 7 heteroatoms. The zero-order valence-corrected chi connectivity index (χ0v) is 17.8. The lowest BCUT2D eigenvalue weighted by Gasteiger charge is -2.12. The molecule has 0 radical (unpaired) electrons. The highest BCUT2D eigenvalue weighted by molar-refractivity contribution is 7.89. The number of fused-ring (bicyclic) bond motifs is 1. The molecule has 0 fully saturated rings. The molecule has 0 unspecified atom stereocenters. The van der Waals surface area contributed by atoms with Gasteiger partial charge in [-0.05, 0) is 41.8 Å². The van der Waals surface area contributed by atoms with E-state index in [4.69, 9.17) is 14.9 Å². The van der Waals surface area contributed by atoms with Crippen LogP contribution in [0.4, 0.5) is 0 Å². The van der Waals surface area contributed by atoms with E-state index < -0.39 is 15.9 Å². The predicted molar refractivity (Wildman–Crippen MR) is 119 cm³/mol. The topological polar surface area (TPSA) is 98.8 Å². The van der Waals surface area contributed by atoms with Crippen LogP contribution in [0.5, 0.6) is 5.75 Å². The number of ether oxygens (including phenoxy) is 1. The van der Waals surface area contributed by atoms with Gasteiger partial charge in [0.25, 0.3) is 0 Å². The van der Waals surface area contributed by atoms with E-state index in [0.29, 0.717) is 18.5 Å². The molecule has 0 spiro atoms. The average molecular weight is 435 g/mol. The van der Waals surface area contributed by atoms with Crippen molar-refractivity contribution in [3.63, 3.8) is 0 Å². The molecule has 0 bridgehead atoms. The first-order valence-electron chi connectivity index (χ1n) is 9.82. The highest BCUT2D eigenvalue weighted by Gasteiger charge is 2.37. The maximum Gasteiger partial charge on any atom is 0.238 e. The van der Waals surface area contributed by atoms with Crippen LogP contribution in [0.2, 0.25) is 0 Å². The van der Waals surface area contributed by atoms with Gasteiger partial charge < -0.3 is 4.74 Å². The number of sulfonamides is 1. The van der Waals surface area contributed by atoms with Crippen molar-refractivity contribution in [3.05, 3.63) is 95.1 Å². The minimum atomic E-state index is -3.71. The van der Waals surface area contributed by atoms with Gasteiger partial charge in [0.15, 0.2) is 5.78 Å². The number of nitrogens with zero attached hydrogens (tertiary/aromatic N) is 1. The predicted octanol–water partition coefficient (Wildman–Crippen LogP) is 3.35.